The lowest BCUT2D eigenvalue weighted by Crippen LogP contribution is -2.42. The van der Waals surface area contributed by atoms with Gasteiger partial charge in [0.1, 0.15) is 0 Å². The van der Waals surface area contributed by atoms with E-state index in [0.29, 0.717) is 13.1 Å². The molecule has 5 heteroatoms. The highest BCUT2D eigenvalue weighted by Crippen LogP contribution is 2.26. The molecule has 1 saturated carbocycles. The van der Waals surface area contributed by atoms with Crippen molar-refractivity contribution < 1.29 is 14.7 Å². The van der Waals surface area contributed by atoms with Gasteiger partial charge in [0.15, 0.2) is 0 Å². The van der Waals surface area contributed by atoms with E-state index in [2.05, 4.69) is 11.9 Å². The van der Waals surface area contributed by atoms with Crippen molar-refractivity contribution in [2.45, 2.75) is 31.7 Å². The number of nitrogens with one attached hydrogen (secondary N) is 1. The molecule has 5 nitrogen and oxygen atoms in total. The maximum Gasteiger partial charge on any atom is 0.317 e. The number of nitrogens with zero attached hydrogens (tertiary/aromatic N) is 1. The Bertz CT molecular complexity index is 274. The normalized spacial score (nSPS) is 14.2. The fourth-order valence-electron chi connectivity index (χ4n) is 1.43. The molecule has 0 unspecified atom stereocenters. The lowest BCUT2D eigenvalue weighted by atomic mass is 10.3. The van der Waals surface area contributed by atoms with Crippen molar-refractivity contribution in [3.8, 4) is 0 Å². The minimum atomic E-state index is -0.871. The Kier molecular flexibility index (Phi) is 4.82. The number of hydrogen-bond acceptors (Lipinski definition) is 2. The van der Waals surface area contributed by atoms with Crippen LogP contribution in [0.5, 0.6) is 0 Å². The van der Waals surface area contributed by atoms with Crippen LogP contribution in [0, 0.1) is 0 Å². The minimum absolute atomic E-state index is 0.00534. The van der Waals surface area contributed by atoms with Crippen LogP contribution in [0.2, 0.25) is 0 Å². The Hall–Kier alpha value is -1.52. The van der Waals surface area contributed by atoms with E-state index in [1.807, 2.05) is 0 Å². The van der Waals surface area contributed by atoms with Crippen LogP contribution in [-0.2, 0) is 4.79 Å². The van der Waals surface area contributed by atoms with Crippen molar-refractivity contribution in [2.75, 3.05) is 13.1 Å². The molecule has 0 heterocycles. The van der Waals surface area contributed by atoms with Crippen molar-refractivity contribution in [1.29, 1.82) is 0 Å². The number of carbonyl (C=O) groups excluding carboxylic acids is 1. The quantitative estimate of drug-likeness (QED) is 0.506. The molecule has 0 spiro atoms. The molecule has 2 amide bonds. The highest BCUT2D eigenvalue weighted by atomic mass is 16.4. The third-order valence-electron chi connectivity index (χ3n) is 2.44. The molecule has 0 aromatic heterocycles. The van der Waals surface area contributed by atoms with Crippen LogP contribution in [-0.4, -0.2) is 41.1 Å². The summed E-state index contributed by atoms with van der Waals surface area (Å²) in [5.41, 5.74) is 0. The first-order valence-corrected chi connectivity index (χ1v) is 5.52. The van der Waals surface area contributed by atoms with Gasteiger partial charge in [0.05, 0.1) is 6.42 Å². The van der Waals surface area contributed by atoms with E-state index in [0.717, 1.165) is 19.3 Å². The summed E-state index contributed by atoms with van der Waals surface area (Å²) in [6.45, 7) is 4.41. The first-order chi connectivity index (χ1) is 7.65. The first-order valence-electron chi connectivity index (χ1n) is 5.52. The van der Waals surface area contributed by atoms with Crippen molar-refractivity contribution >= 4 is 12.0 Å². The number of hydrogen-bond donors (Lipinski definition) is 2. The van der Waals surface area contributed by atoms with Gasteiger partial charge < -0.3 is 15.3 Å². The highest BCUT2D eigenvalue weighted by molar-refractivity contribution is 5.76. The summed E-state index contributed by atoms with van der Waals surface area (Å²) < 4.78 is 0. The molecule has 1 fully saturated rings. The molecule has 1 aliphatic rings. The van der Waals surface area contributed by atoms with Crippen LogP contribution >= 0.6 is 0 Å². The van der Waals surface area contributed by atoms with Gasteiger partial charge in [0.2, 0.25) is 0 Å². The topological polar surface area (TPSA) is 69.6 Å². The van der Waals surface area contributed by atoms with Crippen molar-refractivity contribution in [3.05, 3.63) is 12.7 Å². The zero-order chi connectivity index (χ0) is 12.0. The minimum Gasteiger partial charge on any atom is -0.481 e. The van der Waals surface area contributed by atoms with Crippen LogP contribution in [0.3, 0.4) is 0 Å². The molecule has 1 aliphatic carbocycles. The molecule has 0 saturated heterocycles. The van der Waals surface area contributed by atoms with Crippen molar-refractivity contribution in [2.24, 2.45) is 0 Å². The summed E-state index contributed by atoms with van der Waals surface area (Å²) in [6, 6.07) is 0.0775. The maximum atomic E-state index is 11.7. The Morgan fingerprint density at radius 2 is 2.19 bits per heavy atom. The molecule has 1 rings (SSSR count). The average Bonchev–Trinajstić information content (AvgIpc) is 3.02. The van der Waals surface area contributed by atoms with E-state index >= 15 is 0 Å². The number of aliphatic carboxylic acids is 1. The summed E-state index contributed by atoms with van der Waals surface area (Å²) in [7, 11) is 0. The number of urea groups is 1. The lowest BCUT2D eigenvalue weighted by molar-refractivity contribution is -0.137. The largest absolute Gasteiger partial charge is 0.481 e. The summed E-state index contributed by atoms with van der Waals surface area (Å²) >= 11 is 0. The molecule has 0 radical (unpaired) electrons. The monoisotopic (exact) mass is 226 g/mol. The van der Waals surface area contributed by atoms with Gasteiger partial charge in [-0.1, -0.05) is 6.08 Å². The molecule has 0 aromatic rings. The van der Waals surface area contributed by atoms with E-state index in [-0.39, 0.29) is 18.5 Å². The van der Waals surface area contributed by atoms with E-state index in [4.69, 9.17) is 5.11 Å². The molecule has 0 bridgehead atoms. The van der Waals surface area contributed by atoms with Gasteiger partial charge in [-0.15, -0.1) is 6.58 Å². The second-order valence-corrected chi connectivity index (χ2v) is 3.88. The Labute approximate surface area is 95.1 Å². The molecular weight excluding hydrogens is 208 g/mol. The highest BCUT2D eigenvalue weighted by Gasteiger charge is 2.32. The molecule has 0 atom stereocenters. The van der Waals surface area contributed by atoms with Gasteiger partial charge in [-0.2, -0.15) is 0 Å². The van der Waals surface area contributed by atoms with Gasteiger partial charge in [-0.3, -0.25) is 4.79 Å². The van der Waals surface area contributed by atoms with Crippen molar-refractivity contribution in [1.82, 2.24) is 10.2 Å². The number of carbonyl (C=O) groups is 2. The van der Waals surface area contributed by atoms with Crippen LogP contribution in [0.1, 0.15) is 25.7 Å². The predicted octanol–water partition coefficient (Wildman–Crippen LogP) is 1.21. The standard InChI is InChI=1S/C11H18N2O3/c1-2-3-7-12-11(16)13(9-4-5-9)8-6-10(14)15/h2,9H,1,3-8H2,(H,12,16)(H,14,15). The van der Waals surface area contributed by atoms with Gasteiger partial charge in [0, 0.05) is 19.1 Å². The molecule has 2 N–H and O–H groups in total. The van der Waals surface area contributed by atoms with E-state index in [1.165, 1.54) is 0 Å². The molecule has 90 valence electrons. The Morgan fingerprint density at radius 3 is 2.69 bits per heavy atom. The zero-order valence-corrected chi connectivity index (χ0v) is 9.32. The summed E-state index contributed by atoms with van der Waals surface area (Å²) in [4.78, 5) is 23.8. The molecular formula is C11H18N2O3. The fraction of sp³-hybridized carbons (Fsp3) is 0.636. The van der Waals surface area contributed by atoms with Gasteiger partial charge >= 0.3 is 12.0 Å². The Balaban J connectivity index is 2.33. The van der Waals surface area contributed by atoms with Crippen LogP contribution in [0.25, 0.3) is 0 Å². The van der Waals surface area contributed by atoms with E-state index < -0.39 is 5.97 Å². The molecule has 0 aliphatic heterocycles. The van der Waals surface area contributed by atoms with Gasteiger partial charge in [-0.05, 0) is 19.3 Å². The van der Waals surface area contributed by atoms with Crippen LogP contribution in [0.15, 0.2) is 12.7 Å². The summed E-state index contributed by atoms with van der Waals surface area (Å²) in [6.07, 6.45) is 4.43. The zero-order valence-electron chi connectivity index (χ0n) is 9.32. The number of rotatable bonds is 7. The lowest BCUT2D eigenvalue weighted by Gasteiger charge is -2.21. The predicted molar refractivity (Wildman–Crippen MR) is 60.2 cm³/mol. The number of amides is 2. The SMILES string of the molecule is C=CCCNC(=O)N(CCC(=O)O)C1CC1. The van der Waals surface area contributed by atoms with E-state index in [1.54, 1.807) is 11.0 Å². The second kappa shape index (κ2) is 6.15. The second-order valence-electron chi connectivity index (χ2n) is 3.88. The van der Waals surface area contributed by atoms with Crippen LogP contribution in [0.4, 0.5) is 4.79 Å². The maximum absolute atomic E-state index is 11.7. The number of carboxylic acid groups (broad SMARTS) is 1. The third kappa shape index (κ3) is 4.33. The van der Waals surface area contributed by atoms with Gasteiger partial charge in [-0.25, -0.2) is 4.79 Å². The fourth-order valence-corrected chi connectivity index (χ4v) is 1.43. The summed E-state index contributed by atoms with van der Waals surface area (Å²) in [5.74, 6) is -0.871. The Morgan fingerprint density at radius 1 is 1.50 bits per heavy atom. The number of carboxylic acids is 1. The van der Waals surface area contributed by atoms with Crippen LogP contribution < -0.4 is 5.32 Å². The van der Waals surface area contributed by atoms with E-state index in [9.17, 15) is 9.59 Å². The first kappa shape index (κ1) is 12.5. The summed E-state index contributed by atoms with van der Waals surface area (Å²) in [5, 5.41) is 11.3. The van der Waals surface area contributed by atoms with Crippen molar-refractivity contribution in [3.63, 3.8) is 0 Å². The van der Waals surface area contributed by atoms with Gasteiger partial charge in [0.25, 0.3) is 0 Å². The molecule has 0 aromatic carbocycles. The third-order valence-corrected chi connectivity index (χ3v) is 2.44. The smallest absolute Gasteiger partial charge is 0.317 e. The average molecular weight is 226 g/mol. The molecule has 16 heavy (non-hydrogen) atoms.